The third kappa shape index (κ3) is 4.85. The van der Waals surface area contributed by atoms with Crippen LogP contribution in [0.25, 0.3) is 11.3 Å². The lowest BCUT2D eigenvalue weighted by atomic mass is 9.95. The lowest BCUT2D eigenvalue weighted by Crippen LogP contribution is -2.36. The number of carbonyl (C=O) groups is 1. The summed E-state index contributed by atoms with van der Waals surface area (Å²) < 4.78 is 10.8. The van der Waals surface area contributed by atoms with Crippen LogP contribution in [0.5, 0.6) is 5.75 Å². The Morgan fingerprint density at radius 3 is 2.35 bits per heavy atom. The van der Waals surface area contributed by atoms with Gasteiger partial charge in [-0.25, -0.2) is 0 Å². The van der Waals surface area contributed by atoms with Crippen molar-refractivity contribution in [3.63, 3.8) is 0 Å². The van der Waals surface area contributed by atoms with E-state index in [-0.39, 0.29) is 11.9 Å². The summed E-state index contributed by atoms with van der Waals surface area (Å²) in [7, 11) is 1.64. The third-order valence-corrected chi connectivity index (χ3v) is 6.29. The molecule has 1 atom stereocenters. The predicted octanol–water partition coefficient (Wildman–Crippen LogP) is 6.76. The number of aryl methyl sites for hydroxylation is 1. The molecule has 4 aromatic rings. The second-order valence-electron chi connectivity index (χ2n) is 8.01. The number of halogens is 1. The van der Waals surface area contributed by atoms with Crippen molar-refractivity contribution in [1.29, 1.82) is 0 Å². The average molecular weight is 475 g/mol. The van der Waals surface area contributed by atoms with Crippen LogP contribution in [-0.2, 0) is 6.42 Å². The highest BCUT2D eigenvalue weighted by atomic mass is 35.5. The summed E-state index contributed by atoms with van der Waals surface area (Å²) in [5, 5.41) is 4.72. The van der Waals surface area contributed by atoms with Crippen LogP contribution in [0, 0.1) is 6.92 Å². The molecule has 0 aliphatic rings. The van der Waals surface area contributed by atoms with E-state index in [1.807, 2.05) is 72.5 Å². The second-order valence-corrected chi connectivity index (χ2v) is 8.42. The summed E-state index contributed by atoms with van der Waals surface area (Å²) in [5.74, 6) is 1.09. The van der Waals surface area contributed by atoms with Gasteiger partial charge < -0.3 is 14.2 Å². The fourth-order valence-corrected chi connectivity index (χ4v) is 4.41. The molecule has 0 unspecified atom stereocenters. The minimum Gasteiger partial charge on any atom is -0.497 e. The van der Waals surface area contributed by atoms with Gasteiger partial charge in [0.1, 0.15) is 22.8 Å². The molecule has 0 saturated heterocycles. The number of hydrogen-bond donors (Lipinski definition) is 0. The van der Waals surface area contributed by atoms with Crippen LogP contribution >= 0.6 is 11.6 Å². The largest absolute Gasteiger partial charge is 0.497 e. The van der Waals surface area contributed by atoms with Crippen LogP contribution in [0.3, 0.4) is 0 Å². The molecule has 5 nitrogen and oxygen atoms in total. The molecule has 6 heteroatoms. The molecule has 1 amide bonds. The first-order chi connectivity index (χ1) is 16.5. The number of methoxy groups -OCH3 is 1. The van der Waals surface area contributed by atoms with Gasteiger partial charge in [0.25, 0.3) is 5.91 Å². The van der Waals surface area contributed by atoms with Gasteiger partial charge in [0.15, 0.2) is 0 Å². The number of likely N-dealkylation sites (N-methyl/N-ethyl adjacent to an activating group) is 1. The number of carbonyl (C=O) groups excluding carboxylic acids is 1. The molecule has 0 fully saturated rings. The first-order valence-electron chi connectivity index (χ1n) is 11.2. The van der Waals surface area contributed by atoms with Gasteiger partial charge in [-0.3, -0.25) is 4.79 Å². The number of hydrogen-bond acceptors (Lipinski definition) is 4. The van der Waals surface area contributed by atoms with Crippen molar-refractivity contribution < 1.29 is 14.1 Å². The first kappa shape index (κ1) is 23.6. The van der Waals surface area contributed by atoms with E-state index in [1.165, 1.54) is 0 Å². The molecule has 34 heavy (non-hydrogen) atoms. The Labute approximate surface area is 204 Å². The molecule has 0 saturated carbocycles. The minimum atomic E-state index is -0.195. The molecule has 0 bridgehead atoms. The maximum absolute atomic E-state index is 14.0. The molecule has 4 rings (SSSR count). The molecule has 0 radical (unpaired) electrons. The van der Waals surface area contributed by atoms with Crippen LogP contribution in [0.1, 0.15) is 40.2 Å². The zero-order chi connectivity index (χ0) is 24.1. The predicted molar refractivity (Wildman–Crippen MR) is 134 cm³/mol. The van der Waals surface area contributed by atoms with E-state index in [2.05, 4.69) is 17.3 Å². The molecule has 0 spiro atoms. The second kappa shape index (κ2) is 10.6. The SMILES string of the molecule is CCN(C(=O)c1c(-c2ccccc2Cl)noc1C)[C@H](Cc1ccccc1)c1ccc(OC)cc1. The maximum Gasteiger partial charge on any atom is 0.260 e. The molecule has 0 N–H and O–H groups in total. The van der Waals surface area contributed by atoms with E-state index >= 15 is 0 Å². The van der Waals surface area contributed by atoms with E-state index in [4.69, 9.17) is 20.9 Å². The van der Waals surface area contributed by atoms with Gasteiger partial charge in [-0.05, 0) is 49.6 Å². The van der Waals surface area contributed by atoms with Crippen LogP contribution in [-0.4, -0.2) is 29.6 Å². The number of aromatic nitrogens is 1. The highest BCUT2D eigenvalue weighted by molar-refractivity contribution is 6.33. The molecule has 1 aromatic heterocycles. The Morgan fingerprint density at radius 1 is 1.03 bits per heavy atom. The summed E-state index contributed by atoms with van der Waals surface area (Å²) in [4.78, 5) is 15.9. The number of nitrogens with zero attached hydrogens (tertiary/aromatic N) is 2. The lowest BCUT2D eigenvalue weighted by molar-refractivity contribution is 0.0685. The monoisotopic (exact) mass is 474 g/mol. The van der Waals surface area contributed by atoms with Gasteiger partial charge in [-0.2, -0.15) is 0 Å². The quantitative estimate of drug-likeness (QED) is 0.283. The summed E-state index contributed by atoms with van der Waals surface area (Å²) >= 11 is 6.43. The van der Waals surface area contributed by atoms with Crippen molar-refractivity contribution in [3.05, 3.63) is 106 Å². The first-order valence-corrected chi connectivity index (χ1v) is 11.6. The fraction of sp³-hybridized carbons (Fsp3) is 0.214. The van der Waals surface area contributed by atoms with Crippen molar-refractivity contribution in [1.82, 2.24) is 10.1 Å². The molecule has 174 valence electrons. The van der Waals surface area contributed by atoms with E-state index in [0.717, 1.165) is 16.9 Å². The van der Waals surface area contributed by atoms with Crippen LogP contribution in [0.15, 0.2) is 83.4 Å². The third-order valence-electron chi connectivity index (χ3n) is 5.96. The standard InChI is InChI=1S/C28H27ClN2O3/c1-4-31(28(32)26-19(2)34-30-27(26)23-12-8-9-13-24(23)29)25(18-20-10-6-5-7-11-20)21-14-16-22(33-3)17-15-21/h5-17,25H,4,18H2,1-3H3/t25-/m1/s1. The van der Waals surface area contributed by atoms with Crippen molar-refractivity contribution in [2.24, 2.45) is 0 Å². The van der Waals surface area contributed by atoms with Crippen molar-refractivity contribution in [3.8, 4) is 17.0 Å². The molecule has 1 heterocycles. The van der Waals surface area contributed by atoms with Crippen molar-refractivity contribution in [2.45, 2.75) is 26.3 Å². The summed E-state index contributed by atoms with van der Waals surface area (Å²) in [6.07, 6.45) is 0.665. The molecule has 3 aromatic carbocycles. The lowest BCUT2D eigenvalue weighted by Gasteiger charge is -2.32. The van der Waals surface area contributed by atoms with Crippen LogP contribution < -0.4 is 4.74 Å². The topological polar surface area (TPSA) is 55.6 Å². The fourth-order valence-electron chi connectivity index (χ4n) is 4.18. The zero-order valence-electron chi connectivity index (χ0n) is 19.5. The van der Waals surface area contributed by atoms with E-state index in [1.54, 1.807) is 20.1 Å². The zero-order valence-corrected chi connectivity index (χ0v) is 20.3. The average Bonchev–Trinajstić information content (AvgIpc) is 3.25. The molecular weight excluding hydrogens is 448 g/mol. The van der Waals surface area contributed by atoms with Gasteiger partial charge >= 0.3 is 0 Å². The molecular formula is C28H27ClN2O3. The van der Waals surface area contributed by atoms with E-state index in [0.29, 0.717) is 40.6 Å². The minimum absolute atomic E-state index is 0.145. The number of ether oxygens (including phenoxy) is 1. The Bertz CT molecular complexity index is 1250. The Hall–Kier alpha value is -3.57. The smallest absolute Gasteiger partial charge is 0.260 e. The van der Waals surface area contributed by atoms with Gasteiger partial charge in [-0.1, -0.05) is 77.4 Å². The van der Waals surface area contributed by atoms with Crippen molar-refractivity contribution in [2.75, 3.05) is 13.7 Å². The number of amides is 1. The summed E-state index contributed by atoms with van der Waals surface area (Å²) in [6.45, 7) is 4.25. The highest BCUT2D eigenvalue weighted by Gasteiger charge is 2.31. The summed E-state index contributed by atoms with van der Waals surface area (Å²) in [6, 6.07) is 25.2. The maximum atomic E-state index is 14.0. The van der Waals surface area contributed by atoms with Gasteiger partial charge in [-0.15, -0.1) is 0 Å². The number of benzene rings is 3. The molecule has 0 aliphatic heterocycles. The van der Waals surface area contributed by atoms with E-state index < -0.39 is 0 Å². The Morgan fingerprint density at radius 2 is 1.71 bits per heavy atom. The Balaban J connectivity index is 1.77. The Kier molecular flexibility index (Phi) is 7.33. The highest BCUT2D eigenvalue weighted by Crippen LogP contribution is 2.34. The number of rotatable bonds is 8. The van der Waals surface area contributed by atoms with Gasteiger partial charge in [0.2, 0.25) is 0 Å². The van der Waals surface area contributed by atoms with Gasteiger partial charge in [0.05, 0.1) is 18.2 Å². The van der Waals surface area contributed by atoms with Crippen molar-refractivity contribution >= 4 is 17.5 Å². The van der Waals surface area contributed by atoms with E-state index in [9.17, 15) is 4.79 Å². The van der Waals surface area contributed by atoms with Crippen LogP contribution in [0.4, 0.5) is 0 Å². The summed E-state index contributed by atoms with van der Waals surface area (Å²) in [5.41, 5.74) is 3.72. The molecule has 0 aliphatic carbocycles. The van der Waals surface area contributed by atoms with Gasteiger partial charge in [0, 0.05) is 12.1 Å². The normalized spacial score (nSPS) is 11.8. The van der Waals surface area contributed by atoms with Crippen LogP contribution in [0.2, 0.25) is 5.02 Å².